The Hall–Kier alpha value is -0.980. The first-order valence-electron chi connectivity index (χ1n) is 6.04. The molecule has 0 saturated carbocycles. The van der Waals surface area contributed by atoms with Gasteiger partial charge in [-0.25, -0.2) is 0 Å². The predicted octanol–water partition coefficient (Wildman–Crippen LogP) is 3.69. The highest BCUT2D eigenvalue weighted by Gasteiger charge is 2.18. The smallest absolute Gasteiger partial charge is 0.0378 e. The van der Waals surface area contributed by atoms with Gasteiger partial charge in [0, 0.05) is 12.2 Å². The number of nitrogens with one attached hydrogen (secondary N) is 1. The first kappa shape index (κ1) is 10.5. The van der Waals surface area contributed by atoms with Crippen LogP contribution in [0.4, 0.5) is 5.69 Å². The molecule has 1 nitrogen and oxygen atoms in total. The summed E-state index contributed by atoms with van der Waals surface area (Å²) in [6.45, 7) is 7.84. The highest BCUT2D eigenvalue weighted by atomic mass is 14.9. The third kappa shape index (κ3) is 2.17. The molecular formula is C14H21N. The van der Waals surface area contributed by atoms with Crippen LogP contribution < -0.4 is 5.32 Å². The molecule has 0 saturated heterocycles. The molecule has 1 unspecified atom stereocenters. The van der Waals surface area contributed by atoms with Crippen LogP contribution in [0.15, 0.2) is 12.1 Å². The minimum atomic E-state index is 0.837. The lowest BCUT2D eigenvalue weighted by Gasteiger charge is -2.27. The Balaban J connectivity index is 2.25. The van der Waals surface area contributed by atoms with Crippen LogP contribution in [0.2, 0.25) is 0 Å². The third-order valence-corrected chi connectivity index (χ3v) is 3.39. The summed E-state index contributed by atoms with van der Waals surface area (Å²) in [5, 5.41) is 3.58. The fraction of sp³-hybridized carbons (Fsp3) is 0.571. The summed E-state index contributed by atoms with van der Waals surface area (Å²) >= 11 is 0. The molecule has 0 radical (unpaired) electrons. The standard InChI is InChI=1S/C14H21N/c1-4-5-12-8-13-11(3)6-10(2)7-14(13)15-9-12/h6-7,12,15H,4-5,8-9H2,1-3H3. The van der Waals surface area contributed by atoms with E-state index in [0.29, 0.717) is 0 Å². The van der Waals surface area contributed by atoms with Crippen molar-refractivity contribution in [1.29, 1.82) is 0 Å². The van der Waals surface area contributed by atoms with Gasteiger partial charge in [-0.3, -0.25) is 0 Å². The van der Waals surface area contributed by atoms with E-state index in [4.69, 9.17) is 0 Å². The first-order chi connectivity index (χ1) is 7.20. The predicted molar refractivity (Wildman–Crippen MR) is 66.5 cm³/mol. The molecule has 2 rings (SSSR count). The van der Waals surface area contributed by atoms with Gasteiger partial charge in [0.25, 0.3) is 0 Å². The molecule has 15 heavy (non-hydrogen) atoms. The Labute approximate surface area is 92.9 Å². The molecule has 1 heterocycles. The molecule has 1 aromatic rings. The molecule has 0 amide bonds. The molecule has 82 valence electrons. The van der Waals surface area contributed by atoms with Gasteiger partial charge >= 0.3 is 0 Å². The van der Waals surface area contributed by atoms with Crippen LogP contribution in [0.5, 0.6) is 0 Å². The normalized spacial score (nSPS) is 19.5. The monoisotopic (exact) mass is 203 g/mol. The maximum atomic E-state index is 3.58. The number of rotatable bonds is 2. The Morgan fingerprint density at radius 2 is 2.13 bits per heavy atom. The SMILES string of the molecule is CCCC1CNc2cc(C)cc(C)c2C1. The maximum absolute atomic E-state index is 3.58. The topological polar surface area (TPSA) is 12.0 Å². The van der Waals surface area contributed by atoms with Crippen molar-refractivity contribution in [3.63, 3.8) is 0 Å². The van der Waals surface area contributed by atoms with Crippen molar-refractivity contribution in [2.45, 2.75) is 40.0 Å². The molecule has 0 fully saturated rings. The average Bonchev–Trinajstić information content (AvgIpc) is 2.19. The Bertz CT molecular complexity index is 355. The fourth-order valence-corrected chi connectivity index (χ4v) is 2.65. The summed E-state index contributed by atoms with van der Waals surface area (Å²) in [6.07, 6.45) is 3.91. The van der Waals surface area contributed by atoms with Gasteiger partial charge in [0.2, 0.25) is 0 Å². The van der Waals surface area contributed by atoms with Gasteiger partial charge in [0.15, 0.2) is 0 Å². The first-order valence-corrected chi connectivity index (χ1v) is 6.04. The van der Waals surface area contributed by atoms with Gasteiger partial charge in [-0.15, -0.1) is 0 Å². The second-order valence-corrected chi connectivity index (χ2v) is 4.85. The van der Waals surface area contributed by atoms with Crippen LogP contribution in [0.25, 0.3) is 0 Å². The second kappa shape index (κ2) is 4.26. The van der Waals surface area contributed by atoms with Crippen LogP contribution in [0, 0.1) is 19.8 Å². The number of anilines is 1. The molecule has 0 bridgehead atoms. The number of hydrogen-bond donors (Lipinski definition) is 1. The molecule has 0 aliphatic carbocycles. The van der Waals surface area contributed by atoms with E-state index in [1.807, 2.05) is 0 Å². The zero-order valence-corrected chi connectivity index (χ0v) is 10.1. The Morgan fingerprint density at radius 3 is 2.87 bits per heavy atom. The summed E-state index contributed by atoms with van der Waals surface area (Å²) < 4.78 is 0. The lowest BCUT2D eigenvalue weighted by atomic mass is 9.87. The Morgan fingerprint density at radius 1 is 1.33 bits per heavy atom. The van der Waals surface area contributed by atoms with E-state index in [-0.39, 0.29) is 0 Å². The van der Waals surface area contributed by atoms with Crippen molar-refractivity contribution in [2.24, 2.45) is 5.92 Å². The van der Waals surface area contributed by atoms with Gasteiger partial charge in [-0.2, -0.15) is 0 Å². The number of benzene rings is 1. The summed E-state index contributed by atoms with van der Waals surface area (Å²) in [7, 11) is 0. The highest BCUT2D eigenvalue weighted by Crippen LogP contribution is 2.30. The van der Waals surface area contributed by atoms with E-state index in [1.54, 1.807) is 5.56 Å². The van der Waals surface area contributed by atoms with Crippen molar-refractivity contribution >= 4 is 5.69 Å². The summed E-state index contributed by atoms with van der Waals surface area (Å²) in [5.41, 5.74) is 5.75. The number of aryl methyl sites for hydroxylation is 2. The van der Waals surface area contributed by atoms with E-state index >= 15 is 0 Å². The molecule has 1 aliphatic heterocycles. The van der Waals surface area contributed by atoms with E-state index in [9.17, 15) is 0 Å². The lowest BCUT2D eigenvalue weighted by molar-refractivity contribution is 0.488. The van der Waals surface area contributed by atoms with Crippen LogP contribution in [0.3, 0.4) is 0 Å². The quantitative estimate of drug-likeness (QED) is 0.773. The molecule has 0 spiro atoms. The minimum Gasteiger partial charge on any atom is -0.385 e. The van der Waals surface area contributed by atoms with Crippen LogP contribution in [-0.4, -0.2) is 6.54 Å². The molecule has 1 aliphatic rings. The maximum Gasteiger partial charge on any atom is 0.0378 e. The molecule has 1 heteroatoms. The molecule has 0 aromatic heterocycles. The lowest BCUT2D eigenvalue weighted by Crippen LogP contribution is -2.23. The average molecular weight is 203 g/mol. The van der Waals surface area contributed by atoms with Gasteiger partial charge in [0.05, 0.1) is 0 Å². The zero-order valence-electron chi connectivity index (χ0n) is 10.1. The molecular weight excluding hydrogens is 182 g/mol. The van der Waals surface area contributed by atoms with Crippen LogP contribution in [0.1, 0.15) is 36.5 Å². The van der Waals surface area contributed by atoms with Crippen molar-refractivity contribution in [3.05, 3.63) is 28.8 Å². The summed E-state index contributed by atoms with van der Waals surface area (Å²) in [5.74, 6) is 0.837. The zero-order chi connectivity index (χ0) is 10.8. The van der Waals surface area contributed by atoms with Gasteiger partial charge < -0.3 is 5.32 Å². The van der Waals surface area contributed by atoms with E-state index < -0.39 is 0 Å². The van der Waals surface area contributed by atoms with E-state index in [1.165, 1.54) is 36.1 Å². The minimum absolute atomic E-state index is 0.837. The van der Waals surface area contributed by atoms with Gasteiger partial charge in [-0.05, 0) is 55.4 Å². The third-order valence-electron chi connectivity index (χ3n) is 3.39. The Kier molecular flexibility index (Phi) is 2.99. The largest absolute Gasteiger partial charge is 0.385 e. The number of hydrogen-bond acceptors (Lipinski definition) is 1. The second-order valence-electron chi connectivity index (χ2n) is 4.85. The van der Waals surface area contributed by atoms with Crippen LogP contribution >= 0.6 is 0 Å². The number of fused-ring (bicyclic) bond motifs is 1. The van der Waals surface area contributed by atoms with E-state index in [2.05, 4.69) is 38.2 Å². The van der Waals surface area contributed by atoms with Gasteiger partial charge in [0.1, 0.15) is 0 Å². The van der Waals surface area contributed by atoms with E-state index in [0.717, 1.165) is 12.5 Å². The highest BCUT2D eigenvalue weighted by molar-refractivity contribution is 5.58. The van der Waals surface area contributed by atoms with Crippen LogP contribution in [-0.2, 0) is 6.42 Å². The van der Waals surface area contributed by atoms with Crippen molar-refractivity contribution in [3.8, 4) is 0 Å². The molecule has 1 atom stereocenters. The summed E-state index contributed by atoms with van der Waals surface area (Å²) in [4.78, 5) is 0. The molecule has 1 N–H and O–H groups in total. The van der Waals surface area contributed by atoms with Crippen molar-refractivity contribution < 1.29 is 0 Å². The van der Waals surface area contributed by atoms with Crippen molar-refractivity contribution in [2.75, 3.05) is 11.9 Å². The summed E-state index contributed by atoms with van der Waals surface area (Å²) in [6, 6.07) is 4.58. The fourth-order valence-electron chi connectivity index (χ4n) is 2.65. The van der Waals surface area contributed by atoms with Gasteiger partial charge in [-0.1, -0.05) is 19.4 Å². The van der Waals surface area contributed by atoms with Crippen molar-refractivity contribution in [1.82, 2.24) is 0 Å². The molecule has 1 aromatic carbocycles.